The number of rotatable bonds is 6. The van der Waals surface area contributed by atoms with E-state index >= 15 is 0 Å². The number of aromatic amines is 1. The molecule has 8 heteroatoms. The largest absolute Gasteiger partial charge is 0.376 e. The van der Waals surface area contributed by atoms with Gasteiger partial charge in [0.2, 0.25) is 11.1 Å². The Kier molecular flexibility index (Phi) is 5.69. The minimum Gasteiger partial charge on any atom is -0.376 e. The van der Waals surface area contributed by atoms with Gasteiger partial charge in [-0.25, -0.2) is 4.98 Å². The molecule has 1 fully saturated rings. The minimum atomic E-state index is -0.0273. The topological polar surface area (TPSA) is 79.9 Å². The second-order valence-corrected chi connectivity index (χ2v) is 7.06. The zero-order chi connectivity index (χ0) is 16.1. The third kappa shape index (κ3) is 4.79. The molecule has 0 radical (unpaired) electrons. The average Bonchev–Trinajstić information content (AvgIpc) is 3.23. The lowest BCUT2D eigenvalue weighted by Gasteiger charge is -2.09. The van der Waals surface area contributed by atoms with Crippen molar-refractivity contribution in [2.24, 2.45) is 0 Å². The first-order chi connectivity index (χ1) is 11.2. The number of nitrogens with one attached hydrogen (secondary N) is 2. The molecule has 1 atom stereocenters. The standard InChI is InChI=1S/C15H17BrN4O2S/c16-11-5-3-10(4-6-11)14-18-15(20-19-14)23-9-13(21)17-8-12-2-1-7-22-12/h3-6,12H,1-2,7-9H2,(H,17,21)(H,18,19,20)/t12-/m0/s1. The maximum atomic E-state index is 11.8. The Hall–Kier alpha value is -1.38. The summed E-state index contributed by atoms with van der Waals surface area (Å²) in [4.78, 5) is 16.2. The van der Waals surface area contributed by atoms with E-state index in [2.05, 4.69) is 36.4 Å². The molecule has 0 bridgehead atoms. The SMILES string of the molecule is O=C(CSc1n[nH]c(-c2ccc(Br)cc2)n1)NC[C@@H]1CCCO1. The maximum Gasteiger partial charge on any atom is 0.230 e. The van der Waals surface area contributed by atoms with Crippen LogP contribution in [0.2, 0.25) is 0 Å². The Morgan fingerprint density at radius 1 is 1.43 bits per heavy atom. The van der Waals surface area contributed by atoms with Crippen LogP contribution in [0.1, 0.15) is 12.8 Å². The molecule has 1 aromatic carbocycles. The van der Waals surface area contributed by atoms with Crippen LogP contribution >= 0.6 is 27.7 Å². The first-order valence-corrected chi connectivity index (χ1v) is 9.18. The van der Waals surface area contributed by atoms with Crippen molar-refractivity contribution < 1.29 is 9.53 Å². The molecular formula is C15H17BrN4O2S. The van der Waals surface area contributed by atoms with Crippen molar-refractivity contribution in [3.8, 4) is 11.4 Å². The van der Waals surface area contributed by atoms with Crippen LogP contribution in [-0.2, 0) is 9.53 Å². The van der Waals surface area contributed by atoms with Crippen molar-refractivity contribution in [1.29, 1.82) is 0 Å². The fourth-order valence-corrected chi connectivity index (χ4v) is 3.15. The molecule has 1 aliphatic heterocycles. The van der Waals surface area contributed by atoms with Crippen LogP contribution in [0.4, 0.5) is 0 Å². The van der Waals surface area contributed by atoms with Gasteiger partial charge in [-0.05, 0) is 25.0 Å². The lowest BCUT2D eigenvalue weighted by molar-refractivity contribution is -0.119. The van der Waals surface area contributed by atoms with E-state index in [4.69, 9.17) is 4.74 Å². The van der Waals surface area contributed by atoms with Crippen molar-refractivity contribution >= 4 is 33.6 Å². The molecule has 23 heavy (non-hydrogen) atoms. The highest BCUT2D eigenvalue weighted by Gasteiger charge is 2.16. The van der Waals surface area contributed by atoms with Gasteiger partial charge in [-0.15, -0.1) is 5.10 Å². The number of halogens is 1. The average molecular weight is 397 g/mol. The zero-order valence-corrected chi connectivity index (χ0v) is 14.8. The molecule has 6 nitrogen and oxygen atoms in total. The number of aromatic nitrogens is 3. The Morgan fingerprint density at radius 2 is 2.26 bits per heavy atom. The van der Waals surface area contributed by atoms with Crippen LogP contribution < -0.4 is 5.32 Å². The number of hydrogen-bond acceptors (Lipinski definition) is 5. The molecule has 2 heterocycles. The molecule has 0 unspecified atom stereocenters. The molecule has 1 saturated heterocycles. The summed E-state index contributed by atoms with van der Waals surface area (Å²) < 4.78 is 6.48. The van der Waals surface area contributed by atoms with Crippen LogP contribution in [0, 0.1) is 0 Å². The quantitative estimate of drug-likeness (QED) is 0.733. The molecule has 2 N–H and O–H groups in total. The molecule has 1 amide bonds. The summed E-state index contributed by atoms with van der Waals surface area (Å²) in [6.07, 6.45) is 2.26. The van der Waals surface area contributed by atoms with E-state index in [1.807, 2.05) is 24.3 Å². The van der Waals surface area contributed by atoms with Gasteiger partial charge in [0.1, 0.15) is 0 Å². The van der Waals surface area contributed by atoms with Crippen molar-refractivity contribution in [3.63, 3.8) is 0 Å². The van der Waals surface area contributed by atoms with Gasteiger partial charge in [0.05, 0.1) is 11.9 Å². The zero-order valence-electron chi connectivity index (χ0n) is 12.4. The van der Waals surface area contributed by atoms with E-state index < -0.39 is 0 Å². The highest BCUT2D eigenvalue weighted by Crippen LogP contribution is 2.21. The summed E-state index contributed by atoms with van der Waals surface area (Å²) in [6, 6.07) is 7.80. The van der Waals surface area contributed by atoms with E-state index in [-0.39, 0.29) is 12.0 Å². The van der Waals surface area contributed by atoms with Crippen molar-refractivity contribution in [2.45, 2.75) is 24.1 Å². The van der Waals surface area contributed by atoms with E-state index in [1.165, 1.54) is 11.8 Å². The number of carbonyl (C=O) groups is 1. The fraction of sp³-hybridized carbons (Fsp3) is 0.400. The van der Waals surface area contributed by atoms with E-state index in [0.29, 0.717) is 23.3 Å². The van der Waals surface area contributed by atoms with Gasteiger partial charge >= 0.3 is 0 Å². The van der Waals surface area contributed by atoms with Crippen molar-refractivity contribution in [3.05, 3.63) is 28.7 Å². The van der Waals surface area contributed by atoms with Crippen molar-refractivity contribution in [2.75, 3.05) is 18.9 Å². The Balaban J connectivity index is 1.47. The molecule has 0 saturated carbocycles. The fourth-order valence-electron chi connectivity index (χ4n) is 2.26. The Morgan fingerprint density at radius 3 is 3.00 bits per heavy atom. The predicted octanol–water partition coefficient (Wildman–Crippen LogP) is 2.62. The number of nitrogens with zero attached hydrogens (tertiary/aromatic N) is 2. The lowest BCUT2D eigenvalue weighted by Crippen LogP contribution is -2.32. The van der Waals surface area contributed by atoms with Crippen LogP contribution in [0.15, 0.2) is 33.9 Å². The number of carbonyl (C=O) groups excluding carboxylic acids is 1. The Bertz CT molecular complexity index is 656. The van der Waals surface area contributed by atoms with E-state index in [1.54, 1.807) is 0 Å². The number of thioether (sulfide) groups is 1. The van der Waals surface area contributed by atoms with E-state index in [0.717, 1.165) is 29.5 Å². The van der Waals surface area contributed by atoms with Gasteiger partial charge < -0.3 is 10.1 Å². The summed E-state index contributed by atoms with van der Waals surface area (Å²) in [5, 5.41) is 10.5. The minimum absolute atomic E-state index is 0.0273. The number of ether oxygens (including phenoxy) is 1. The first-order valence-electron chi connectivity index (χ1n) is 7.40. The summed E-state index contributed by atoms with van der Waals surface area (Å²) >= 11 is 4.71. The molecule has 0 aliphatic carbocycles. The monoisotopic (exact) mass is 396 g/mol. The molecular weight excluding hydrogens is 380 g/mol. The Labute approximate surface area is 146 Å². The maximum absolute atomic E-state index is 11.8. The summed E-state index contributed by atoms with van der Waals surface area (Å²) in [7, 11) is 0. The summed E-state index contributed by atoms with van der Waals surface area (Å²) in [6.45, 7) is 1.38. The summed E-state index contributed by atoms with van der Waals surface area (Å²) in [5.74, 6) is 0.963. The van der Waals surface area contributed by atoms with Gasteiger partial charge in [-0.2, -0.15) is 0 Å². The molecule has 1 aliphatic rings. The van der Waals surface area contributed by atoms with Gasteiger partial charge in [-0.3, -0.25) is 9.89 Å². The van der Waals surface area contributed by atoms with Crippen LogP contribution in [0.25, 0.3) is 11.4 Å². The second kappa shape index (κ2) is 7.94. The highest BCUT2D eigenvalue weighted by molar-refractivity contribution is 9.10. The molecule has 122 valence electrons. The number of hydrogen-bond donors (Lipinski definition) is 2. The first kappa shape index (κ1) is 16.5. The summed E-state index contributed by atoms with van der Waals surface area (Å²) in [5.41, 5.74) is 0.954. The highest BCUT2D eigenvalue weighted by atomic mass is 79.9. The molecule has 2 aromatic rings. The van der Waals surface area contributed by atoms with Gasteiger partial charge in [0.25, 0.3) is 0 Å². The van der Waals surface area contributed by atoms with E-state index in [9.17, 15) is 4.79 Å². The number of amides is 1. The normalized spacial score (nSPS) is 17.3. The molecule has 3 rings (SSSR count). The second-order valence-electron chi connectivity index (χ2n) is 5.20. The van der Waals surface area contributed by atoms with Gasteiger partial charge in [0, 0.05) is 23.2 Å². The predicted molar refractivity (Wildman–Crippen MR) is 92.2 cm³/mol. The van der Waals surface area contributed by atoms with Crippen LogP contribution in [-0.4, -0.2) is 46.1 Å². The van der Waals surface area contributed by atoms with Gasteiger partial charge in [0.15, 0.2) is 5.82 Å². The lowest BCUT2D eigenvalue weighted by atomic mass is 10.2. The number of benzene rings is 1. The van der Waals surface area contributed by atoms with Crippen LogP contribution in [0.5, 0.6) is 0 Å². The third-order valence-corrected chi connectivity index (χ3v) is 4.84. The third-order valence-electron chi connectivity index (χ3n) is 3.47. The smallest absolute Gasteiger partial charge is 0.230 e. The number of H-pyrrole nitrogens is 1. The molecule has 0 spiro atoms. The molecule has 1 aromatic heterocycles. The van der Waals surface area contributed by atoms with Crippen LogP contribution in [0.3, 0.4) is 0 Å². The van der Waals surface area contributed by atoms with Crippen molar-refractivity contribution in [1.82, 2.24) is 20.5 Å². The van der Waals surface area contributed by atoms with Gasteiger partial charge in [-0.1, -0.05) is 39.8 Å².